The Kier molecular flexibility index (Phi) is 3.66. The summed E-state index contributed by atoms with van der Waals surface area (Å²) in [5.74, 6) is -0.959. The maximum atomic E-state index is 11.6. The van der Waals surface area contributed by atoms with Crippen LogP contribution >= 0.6 is 0 Å². The van der Waals surface area contributed by atoms with Crippen LogP contribution in [-0.4, -0.2) is 53.7 Å². The highest BCUT2D eigenvalue weighted by Crippen LogP contribution is 2.29. The highest BCUT2D eigenvalue weighted by atomic mass is 16.5. The van der Waals surface area contributed by atoms with Crippen molar-refractivity contribution in [2.75, 3.05) is 20.8 Å². The molecule has 1 aromatic heterocycles. The minimum Gasteiger partial charge on any atom is -0.481 e. The number of hydrogen-bond donors (Lipinski definition) is 1. The van der Waals surface area contributed by atoms with Crippen LogP contribution in [-0.2, 0) is 14.3 Å². The van der Waals surface area contributed by atoms with Crippen molar-refractivity contribution >= 4 is 11.9 Å². The van der Waals surface area contributed by atoms with Crippen molar-refractivity contribution in [3.8, 4) is 5.88 Å². The van der Waals surface area contributed by atoms with E-state index in [4.69, 9.17) is 14.6 Å². The minimum absolute atomic E-state index is 0.229. The largest absolute Gasteiger partial charge is 0.481 e. The molecule has 1 N–H and O–H groups in total. The normalized spacial score (nSPS) is 23.3. The third-order valence-electron chi connectivity index (χ3n) is 3.04. The van der Waals surface area contributed by atoms with Gasteiger partial charge < -0.3 is 19.5 Å². The van der Waals surface area contributed by atoms with Crippen molar-refractivity contribution in [3.63, 3.8) is 0 Å². The molecule has 2 atom stereocenters. The monoisotopic (exact) mass is 266 g/mol. The first-order valence-corrected chi connectivity index (χ1v) is 5.64. The van der Waals surface area contributed by atoms with E-state index in [1.807, 2.05) is 0 Å². The van der Waals surface area contributed by atoms with Gasteiger partial charge in [0.1, 0.15) is 6.61 Å². The topological polar surface area (TPSA) is 89.0 Å². The molecule has 1 aliphatic heterocycles. The zero-order valence-corrected chi connectivity index (χ0v) is 10.6. The lowest BCUT2D eigenvalue weighted by molar-refractivity contribution is -0.171. The molecule has 2 heterocycles. The lowest BCUT2D eigenvalue weighted by Gasteiger charge is -2.36. The van der Waals surface area contributed by atoms with Gasteiger partial charge in [-0.25, -0.2) is 9.78 Å². The molecule has 2 unspecified atom stereocenters. The Bertz CT molecular complexity index is 487. The van der Waals surface area contributed by atoms with E-state index in [0.717, 1.165) is 0 Å². The number of nitrogens with zero attached hydrogens (tertiary/aromatic N) is 2. The number of ether oxygens (including phenoxy) is 2. The Labute approximate surface area is 109 Å². The molecular weight excluding hydrogens is 252 g/mol. The van der Waals surface area contributed by atoms with Crippen molar-refractivity contribution in [1.82, 2.24) is 9.88 Å². The molecule has 0 bridgehead atoms. The fraction of sp³-hybridized carbons (Fsp3) is 0.417. The molecule has 1 aromatic rings. The molecule has 0 aliphatic carbocycles. The number of likely N-dealkylation sites (N-methyl/N-ethyl adjacent to an activating group) is 1. The molecule has 0 saturated carbocycles. The number of carboxylic acid groups (broad SMARTS) is 1. The summed E-state index contributed by atoms with van der Waals surface area (Å²) in [6, 6.07) is 2.59. The number of morpholine rings is 1. The number of amides is 1. The quantitative estimate of drug-likeness (QED) is 0.833. The van der Waals surface area contributed by atoms with Crippen LogP contribution in [0.4, 0.5) is 0 Å². The molecule has 19 heavy (non-hydrogen) atoms. The van der Waals surface area contributed by atoms with Gasteiger partial charge in [0, 0.05) is 19.3 Å². The third-order valence-corrected chi connectivity index (χ3v) is 3.04. The Morgan fingerprint density at radius 1 is 1.58 bits per heavy atom. The van der Waals surface area contributed by atoms with Crippen LogP contribution in [0.25, 0.3) is 0 Å². The Hall–Kier alpha value is -2.15. The van der Waals surface area contributed by atoms with Gasteiger partial charge in [0.15, 0.2) is 6.10 Å². The summed E-state index contributed by atoms with van der Waals surface area (Å²) in [4.78, 5) is 28.2. The van der Waals surface area contributed by atoms with Crippen molar-refractivity contribution in [1.29, 1.82) is 0 Å². The molecule has 0 radical (unpaired) electrons. The summed E-state index contributed by atoms with van der Waals surface area (Å²) in [5.41, 5.74) is 0.587. The van der Waals surface area contributed by atoms with E-state index >= 15 is 0 Å². The molecule has 1 amide bonds. The summed E-state index contributed by atoms with van der Waals surface area (Å²) in [5, 5.41) is 9.17. The predicted molar refractivity (Wildman–Crippen MR) is 63.7 cm³/mol. The lowest BCUT2D eigenvalue weighted by Crippen LogP contribution is -2.50. The van der Waals surface area contributed by atoms with Crippen LogP contribution < -0.4 is 4.74 Å². The van der Waals surface area contributed by atoms with Crippen LogP contribution in [0.15, 0.2) is 18.3 Å². The van der Waals surface area contributed by atoms with E-state index in [1.165, 1.54) is 18.2 Å². The molecule has 7 nitrogen and oxygen atoms in total. The third kappa shape index (κ3) is 2.50. The van der Waals surface area contributed by atoms with Gasteiger partial charge in [0.25, 0.3) is 0 Å². The second-order valence-corrected chi connectivity index (χ2v) is 4.15. The van der Waals surface area contributed by atoms with Crippen molar-refractivity contribution in [2.45, 2.75) is 12.1 Å². The highest BCUT2D eigenvalue weighted by Gasteiger charge is 2.40. The molecule has 1 aliphatic rings. The van der Waals surface area contributed by atoms with Crippen molar-refractivity contribution in [3.05, 3.63) is 23.9 Å². The Balaban J connectivity index is 2.34. The number of aromatic nitrogens is 1. The average molecular weight is 266 g/mol. The van der Waals surface area contributed by atoms with E-state index in [0.29, 0.717) is 11.4 Å². The number of carbonyl (C=O) groups is 2. The lowest BCUT2D eigenvalue weighted by atomic mass is 10.00. The second-order valence-electron chi connectivity index (χ2n) is 4.15. The average Bonchev–Trinajstić information content (AvgIpc) is 2.41. The van der Waals surface area contributed by atoms with Crippen molar-refractivity contribution < 1.29 is 24.2 Å². The van der Waals surface area contributed by atoms with E-state index in [1.54, 1.807) is 19.2 Å². The van der Waals surface area contributed by atoms with Gasteiger partial charge in [0.2, 0.25) is 11.8 Å². The van der Waals surface area contributed by atoms with Gasteiger partial charge in [-0.1, -0.05) is 0 Å². The van der Waals surface area contributed by atoms with Crippen molar-refractivity contribution in [2.24, 2.45) is 0 Å². The van der Waals surface area contributed by atoms with Crippen LogP contribution in [0, 0.1) is 0 Å². The summed E-state index contributed by atoms with van der Waals surface area (Å²) >= 11 is 0. The molecule has 102 valence electrons. The molecule has 1 fully saturated rings. The molecule has 2 rings (SSSR count). The van der Waals surface area contributed by atoms with Crippen LogP contribution in [0.1, 0.15) is 11.6 Å². The highest BCUT2D eigenvalue weighted by molar-refractivity contribution is 5.82. The van der Waals surface area contributed by atoms with Crippen LogP contribution in [0.5, 0.6) is 5.88 Å². The Morgan fingerprint density at radius 3 is 2.84 bits per heavy atom. The first kappa shape index (κ1) is 13.3. The van der Waals surface area contributed by atoms with E-state index in [-0.39, 0.29) is 12.5 Å². The number of rotatable bonds is 3. The standard InChI is InChI=1S/C12H14N2O5/c1-14-9(15)6-19-11(12(16)17)10(14)7-3-4-8(18-2)13-5-7/h3-5,10-11H,6H2,1-2H3,(H,16,17). The van der Waals surface area contributed by atoms with Gasteiger partial charge in [-0.3, -0.25) is 4.79 Å². The van der Waals surface area contributed by atoms with Crippen LogP contribution in [0.2, 0.25) is 0 Å². The number of carbonyl (C=O) groups excluding carboxylic acids is 1. The van der Waals surface area contributed by atoms with E-state index in [9.17, 15) is 9.59 Å². The maximum absolute atomic E-state index is 11.6. The molecule has 1 saturated heterocycles. The second kappa shape index (κ2) is 5.23. The summed E-state index contributed by atoms with van der Waals surface area (Å²) < 4.78 is 10.0. The number of aliphatic carboxylic acids is 1. The van der Waals surface area contributed by atoms with Gasteiger partial charge in [-0.15, -0.1) is 0 Å². The maximum Gasteiger partial charge on any atom is 0.335 e. The predicted octanol–water partition coefficient (Wildman–Crippen LogP) is 0.0731. The first-order chi connectivity index (χ1) is 9.04. The SMILES string of the molecule is COc1ccc(C2C(C(=O)O)OCC(=O)N2C)cn1. The van der Waals surface area contributed by atoms with Gasteiger partial charge in [-0.2, -0.15) is 0 Å². The van der Waals surface area contributed by atoms with E-state index in [2.05, 4.69) is 4.98 Å². The minimum atomic E-state index is -1.11. The zero-order chi connectivity index (χ0) is 14.0. The summed E-state index contributed by atoms with van der Waals surface area (Å²) in [7, 11) is 3.04. The number of hydrogen-bond acceptors (Lipinski definition) is 5. The first-order valence-electron chi connectivity index (χ1n) is 5.64. The smallest absolute Gasteiger partial charge is 0.335 e. The van der Waals surface area contributed by atoms with Gasteiger partial charge in [-0.05, 0) is 11.6 Å². The number of methoxy groups -OCH3 is 1. The van der Waals surface area contributed by atoms with Crippen LogP contribution in [0.3, 0.4) is 0 Å². The fourth-order valence-corrected chi connectivity index (χ4v) is 2.00. The number of pyridine rings is 1. The summed E-state index contributed by atoms with van der Waals surface area (Å²) in [6.45, 7) is -0.229. The van der Waals surface area contributed by atoms with E-state index < -0.39 is 18.1 Å². The number of carboxylic acids is 1. The summed E-state index contributed by atoms with van der Waals surface area (Å²) in [6.07, 6.45) is 0.385. The molecule has 7 heteroatoms. The van der Waals surface area contributed by atoms with Gasteiger partial charge >= 0.3 is 5.97 Å². The molecule has 0 spiro atoms. The fourth-order valence-electron chi connectivity index (χ4n) is 2.00. The molecular formula is C12H14N2O5. The zero-order valence-electron chi connectivity index (χ0n) is 10.6. The Morgan fingerprint density at radius 2 is 2.32 bits per heavy atom. The molecule has 0 aromatic carbocycles. The van der Waals surface area contributed by atoms with Gasteiger partial charge in [0.05, 0.1) is 13.2 Å².